The molecule has 2 rings (SSSR count). The Morgan fingerprint density at radius 2 is 2.06 bits per heavy atom. The Morgan fingerprint density at radius 1 is 1.35 bits per heavy atom. The van der Waals surface area contributed by atoms with Gasteiger partial charge in [0.05, 0.1) is 17.6 Å². The van der Waals surface area contributed by atoms with E-state index in [1.54, 1.807) is 0 Å². The Kier molecular flexibility index (Phi) is 3.12. The van der Waals surface area contributed by atoms with E-state index in [1.807, 2.05) is 6.92 Å². The number of hydrogen-bond acceptors (Lipinski definition) is 3. The molecule has 1 unspecified atom stereocenters. The molecule has 1 heterocycles. The number of nitrogens with one attached hydrogen (secondary N) is 1. The average Bonchev–Trinajstić information content (AvgIpc) is 2.57. The van der Waals surface area contributed by atoms with Crippen LogP contribution in [-0.2, 0) is 14.3 Å². The van der Waals surface area contributed by atoms with Crippen molar-refractivity contribution in [2.24, 2.45) is 5.41 Å². The maximum absolute atomic E-state index is 11.9. The van der Waals surface area contributed by atoms with Gasteiger partial charge in [-0.25, -0.2) is 0 Å². The molecule has 0 aromatic rings. The van der Waals surface area contributed by atoms with E-state index < -0.39 is 11.4 Å². The summed E-state index contributed by atoms with van der Waals surface area (Å²) in [6, 6.07) is 0. The molecule has 1 saturated carbocycles. The number of aliphatic carboxylic acids is 1. The Labute approximate surface area is 101 Å². The van der Waals surface area contributed by atoms with E-state index in [9.17, 15) is 9.59 Å². The minimum absolute atomic E-state index is 0.0952. The molecule has 1 amide bonds. The first-order valence-electron chi connectivity index (χ1n) is 6.08. The van der Waals surface area contributed by atoms with E-state index in [4.69, 9.17) is 9.84 Å². The third-order valence-corrected chi connectivity index (χ3v) is 3.92. The van der Waals surface area contributed by atoms with Gasteiger partial charge in [-0.05, 0) is 26.2 Å². The van der Waals surface area contributed by atoms with Crippen LogP contribution in [0.25, 0.3) is 0 Å². The zero-order chi connectivity index (χ0) is 12.5. The van der Waals surface area contributed by atoms with Crippen molar-refractivity contribution in [3.8, 4) is 0 Å². The van der Waals surface area contributed by atoms with Gasteiger partial charge in [-0.3, -0.25) is 9.59 Å². The quantitative estimate of drug-likeness (QED) is 0.767. The Bertz CT molecular complexity index is 329. The third-order valence-electron chi connectivity index (χ3n) is 3.92. The van der Waals surface area contributed by atoms with Crippen LogP contribution in [0.3, 0.4) is 0 Å². The van der Waals surface area contributed by atoms with E-state index in [2.05, 4.69) is 5.32 Å². The number of ether oxygens (including phenoxy) is 1. The van der Waals surface area contributed by atoms with Crippen molar-refractivity contribution < 1.29 is 19.4 Å². The molecule has 17 heavy (non-hydrogen) atoms. The van der Waals surface area contributed by atoms with Crippen LogP contribution in [0.4, 0.5) is 0 Å². The summed E-state index contributed by atoms with van der Waals surface area (Å²) in [5, 5.41) is 12.1. The second kappa shape index (κ2) is 4.29. The summed E-state index contributed by atoms with van der Waals surface area (Å²) in [5.74, 6) is -1.01. The summed E-state index contributed by atoms with van der Waals surface area (Å²) in [6.45, 7) is 3.10. The van der Waals surface area contributed by atoms with Crippen LogP contribution in [0.5, 0.6) is 0 Å². The highest BCUT2D eigenvalue weighted by Gasteiger charge is 2.46. The summed E-state index contributed by atoms with van der Waals surface area (Å²) in [6.07, 6.45) is 3.02. The lowest BCUT2D eigenvalue weighted by molar-refractivity contribution is -0.157. The largest absolute Gasteiger partial charge is 0.481 e. The van der Waals surface area contributed by atoms with Crippen LogP contribution in [0.2, 0.25) is 0 Å². The highest BCUT2D eigenvalue weighted by molar-refractivity contribution is 5.86. The number of carboxylic acids is 1. The maximum Gasteiger partial charge on any atom is 0.310 e. The zero-order valence-electron chi connectivity index (χ0n) is 10.1. The van der Waals surface area contributed by atoms with Crippen LogP contribution in [0, 0.1) is 5.41 Å². The van der Waals surface area contributed by atoms with E-state index >= 15 is 0 Å². The zero-order valence-corrected chi connectivity index (χ0v) is 10.1. The predicted octanol–water partition coefficient (Wildman–Crippen LogP) is 0.927. The minimum Gasteiger partial charge on any atom is -0.481 e. The van der Waals surface area contributed by atoms with Crippen LogP contribution < -0.4 is 5.32 Å². The van der Waals surface area contributed by atoms with Gasteiger partial charge >= 0.3 is 5.97 Å². The first kappa shape index (κ1) is 12.4. The molecule has 0 aromatic heterocycles. The summed E-state index contributed by atoms with van der Waals surface area (Å²) >= 11 is 0. The SMILES string of the molecule is CC1(NC(=O)CC2(C(=O)O)CCC2)CCOC1. The Hall–Kier alpha value is -1.10. The lowest BCUT2D eigenvalue weighted by atomic mass is 9.66. The van der Waals surface area contributed by atoms with Crippen LogP contribution in [0.15, 0.2) is 0 Å². The molecule has 5 heteroatoms. The number of amides is 1. The van der Waals surface area contributed by atoms with Gasteiger partial charge in [-0.15, -0.1) is 0 Å². The summed E-state index contributed by atoms with van der Waals surface area (Å²) in [5.41, 5.74) is -1.12. The molecule has 0 spiro atoms. The fourth-order valence-electron chi connectivity index (χ4n) is 2.52. The topological polar surface area (TPSA) is 75.6 Å². The van der Waals surface area contributed by atoms with Crippen molar-refractivity contribution >= 4 is 11.9 Å². The van der Waals surface area contributed by atoms with Gasteiger partial charge in [0.1, 0.15) is 0 Å². The highest BCUT2D eigenvalue weighted by Crippen LogP contribution is 2.44. The normalized spacial score (nSPS) is 30.6. The summed E-state index contributed by atoms with van der Waals surface area (Å²) in [4.78, 5) is 23.0. The average molecular weight is 241 g/mol. The molecule has 0 bridgehead atoms. The molecule has 2 N–H and O–H groups in total. The monoisotopic (exact) mass is 241 g/mol. The van der Waals surface area contributed by atoms with Crippen molar-refractivity contribution in [3.05, 3.63) is 0 Å². The second-order valence-electron chi connectivity index (χ2n) is 5.53. The Morgan fingerprint density at radius 3 is 2.47 bits per heavy atom. The van der Waals surface area contributed by atoms with Gasteiger partial charge in [-0.2, -0.15) is 0 Å². The van der Waals surface area contributed by atoms with Crippen LogP contribution in [-0.4, -0.2) is 35.7 Å². The second-order valence-corrected chi connectivity index (χ2v) is 5.53. The standard InChI is InChI=1S/C12H19NO4/c1-11(5-6-17-8-11)13-9(14)7-12(10(15)16)3-2-4-12/h2-8H2,1H3,(H,13,14)(H,15,16). The molecule has 1 atom stereocenters. The fraction of sp³-hybridized carbons (Fsp3) is 0.833. The van der Waals surface area contributed by atoms with Gasteiger partial charge < -0.3 is 15.2 Å². The molecule has 0 radical (unpaired) electrons. The number of rotatable bonds is 4. The molecule has 2 aliphatic rings. The van der Waals surface area contributed by atoms with Gasteiger partial charge in [0, 0.05) is 13.0 Å². The molecule has 5 nitrogen and oxygen atoms in total. The van der Waals surface area contributed by atoms with Crippen molar-refractivity contribution in [2.45, 2.75) is 44.6 Å². The van der Waals surface area contributed by atoms with Gasteiger partial charge in [0.15, 0.2) is 0 Å². The summed E-state index contributed by atoms with van der Waals surface area (Å²) < 4.78 is 5.25. The van der Waals surface area contributed by atoms with Crippen molar-refractivity contribution in [1.82, 2.24) is 5.32 Å². The number of hydrogen-bond donors (Lipinski definition) is 2. The molecular formula is C12H19NO4. The first-order chi connectivity index (χ1) is 7.96. The van der Waals surface area contributed by atoms with E-state index in [0.29, 0.717) is 26.1 Å². The van der Waals surface area contributed by atoms with Crippen LogP contribution in [0.1, 0.15) is 39.0 Å². The third kappa shape index (κ3) is 2.44. The lowest BCUT2D eigenvalue weighted by Gasteiger charge is -2.37. The smallest absolute Gasteiger partial charge is 0.310 e. The number of carbonyl (C=O) groups excluding carboxylic acids is 1. The maximum atomic E-state index is 11.9. The molecule has 2 fully saturated rings. The van der Waals surface area contributed by atoms with Crippen molar-refractivity contribution in [3.63, 3.8) is 0 Å². The Balaban J connectivity index is 1.90. The minimum atomic E-state index is -0.841. The van der Waals surface area contributed by atoms with Crippen molar-refractivity contribution in [1.29, 1.82) is 0 Å². The molecule has 1 aliphatic carbocycles. The molecule has 96 valence electrons. The van der Waals surface area contributed by atoms with Crippen molar-refractivity contribution in [2.75, 3.05) is 13.2 Å². The lowest BCUT2D eigenvalue weighted by Crippen LogP contribution is -2.50. The molecule has 1 saturated heterocycles. The number of carbonyl (C=O) groups is 2. The molecule has 1 aliphatic heterocycles. The molecular weight excluding hydrogens is 222 g/mol. The first-order valence-corrected chi connectivity index (χ1v) is 6.08. The van der Waals surface area contributed by atoms with Gasteiger partial charge in [-0.1, -0.05) is 6.42 Å². The van der Waals surface area contributed by atoms with Crippen LogP contribution >= 0.6 is 0 Å². The van der Waals surface area contributed by atoms with E-state index in [1.165, 1.54) is 0 Å². The number of carboxylic acid groups (broad SMARTS) is 1. The molecule has 0 aromatic carbocycles. The predicted molar refractivity (Wildman–Crippen MR) is 60.5 cm³/mol. The van der Waals surface area contributed by atoms with Gasteiger partial charge in [0.25, 0.3) is 0 Å². The summed E-state index contributed by atoms with van der Waals surface area (Å²) in [7, 11) is 0. The van der Waals surface area contributed by atoms with E-state index in [0.717, 1.165) is 12.8 Å². The highest BCUT2D eigenvalue weighted by atomic mass is 16.5. The van der Waals surface area contributed by atoms with E-state index in [-0.39, 0.29) is 17.9 Å². The van der Waals surface area contributed by atoms with Gasteiger partial charge in [0.2, 0.25) is 5.91 Å². The fourth-order valence-corrected chi connectivity index (χ4v) is 2.52.